The molecule has 6 heteroatoms. The Morgan fingerprint density at radius 3 is 2.68 bits per heavy atom. The zero-order valence-electron chi connectivity index (χ0n) is 15.7. The van der Waals surface area contributed by atoms with Gasteiger partial charge in [-0.15, -0.1) is 24.0 Å². The van der Waals surface area contributed by atoms with Crippen LogP contribution in [0, 0.1) is 5.92 Å². The van der Waals surface area contributed by atoms with Crippen molar-refractivity contribution in [3.8, 4) is 0 Å². The Hall–Kier alpha value is -0.530. The molecule has 1 atom stereocenters. The largest absolute Gasteiger partial charge is 0.357 e. The molecule has 142 valence electrons. The zero-order chi connectivity index (χ0) is 17.4. The van der Waals surface area contributed by atoms with E-state index < -0.39 is 0 Å². The van der Waals surface area contributed by atoms with Gasteiger partial charge in [0.25, 0.3) is 0 Å². The summed E-state index contributed by atoms with van der Waals surface area (Å²) in [4.78, 5) is 9.63. The molecule has 1 heterocycles. The molecule has 1 aliphatic heterocycles. The summed E-state index contributed by atoms with van der Waals surface area (Å²) in [5, 5.41) is 4.19. The van der Waals surface area contributed by atoms with Crippen LogP contribution in [0.3, 0.4) is 0 Å². The van der Waals surface area contributed by atoms with Crippen LogP contribution in [-0.2, 0) is 6.54 Å². The smallest absolute Gasteiger partial charge is 0.193 e. The third-order valence-corrected chi connectivity index (χ3v) is 4.69. The third kappa shape index (κ3) is 7.71. The zero-order valence-corrected chi connectivity index (χ0v) is 18.8. The SMILES string of the molecule is CCCN1CCC(CN=C(NCC)N(C)Cc2ccc(Cl)cc2)C1.I. The first-order valence-corrected chi connectivity index (χ1v) is 9.46. The highest BCUT2D eigenvalue weighted by atomic mass is 127. The highest BCUT2D eigenvalue weighted by Crippen LogP contribution is 2.17. The quantitative estimate of drug-likeness (QED) is 0.364. The van der Waals surface area contributed by atoms with Crippen LogP contribution < -0.4 is 5.32 Å². The maximum atomic E-state index is 5.96. The number of hydrogen-bond donors (Lipinski definition) is 1. The molecule has 0 aliphatic carbocycles. The van der Waals surface area contributed by atoms with Gasteiger partial charge in [0.15, 0.2) is 5.96 Å². The number of likely N-dealkylation sites (tertiary alicyclic amines) is 1. The van der Waals surface area contributed by atoms with Gasteiger partial charge in [0.1, 0.15) is 0 Å². The molecule has 0 spiro atoms. The van der Waals surface area contributed by atoms with E-state index in [4.69, 9.17) is 16.6 Å². The summed E-state index contributed by atoms with van der Waals surface area (Å²) in [5.41, 5.74) is 1.24. The van der Waals surface area contributed by atoms with E-state index in [9.17, 15) is 0 Å². The number of nitrogens with zero attached hydrogens (tertiary/aromatic N) is 3. The van der Waals surface area contributed by atoms with Crippen molar-refractivity contribution in [3.63, 3.8) is 0 Å². The summed E-state index contributed by atoms with van der Waals surface area (Å²) in [6.45, 7) is 10.6. The molecule has 1 aromatic carbocycles. The van der Waals surface area contributed by atoms with Gasteiger partial charge in [-0.25, -0.2) is 0 Å². The van der Waals surface area contributed by atoms with Gasteiger partial charge in [0, 0.05) is 38.2 Å². The highest BCUT2D eigenvalue weighted by Gasteiger charge is 2.21. The minimum absolute atomic E-state index is 0. The van der Waals surface area contributed by atoms with Gasteiger partial charge in [0.05, 0.1) is 0 Å². The lowest BCUT2D eigenvalue weighted by molar-refractivity contribution is 0.326. The van der Waals surface area contributed by atoms with Crippen molar-refractivity contribution in [3.05, 3.63) is 34.9 Å². The van der Waals surface area contributed by atoms with Crippen molar-refractivity contribution in [1.29, 1.82) is 0 Å². The number of halogens is 2. The Morgan fingerprint density at radius 2 is 2.04 bits per heavy atom. The van der Waals surface area contributed by atoms with E-state index in [1.807, 2.05) is 12.1 Å². The molecule has 2 rings (SSSR count). The number of aliphatic imine (C=N–C) groups is 1. The van der Waals surface area contributed by atoms with E-state index in [-0.39, 0.29) is 24.0 Å². The van der Waals surface area contributed by atoms with Gasteiger partial charge in [-0.3, -0.25) is 4.99 Å². The van der Waals surface area contributed by atoms with Crippen LogP contribution in [0.4, 0.5) is 0 Å². The minimum Gasteiger partial charge on any atom is -0.357 e. The van der Waals surface area contributed by atoms with E-state index in [1.54, 1.807) is 0 Å². The van der Waals surface area contributed by atoms with Crippen LogP contribution >= 0.6 is 35.6 Å². The molecule has 0 amide bonds. The van der Waals surface area contributed by atoms with Crippen LogP contribution in [0.2, 0.25) is 5.02 Å². The number of benzene rings is 1. The molecule has 0 aromatic heterocycles. The summed E-state index contributed by atoms with van der Waals surface area (Å²) in [6.07, 6.45) is 2.51. The Morgan fingerprint density at radius 1 is 1.32 bits per heavy atom. The number of rotatable bonds is 7. The second-order valence-corrected chi connectivity index (χ2v) is 7.07. The van der Waals surface area contributed by atoms with Gasteiger partial charge in [-0.05, 0) is 56.5 Å². The van der Waals surface area contributed by atoms with Crippen molar-refractivity contribution in [2.24, 2.45) is 10.9 Å². The first-order valence-electron chi connectivity index (χ1n) is 9.08. The molecule has 1 aromatic rings. The van der Waals surface area contributed by atoms with Crippen molar-refractivity contribution in [2.75, 3.05) is 39.8 Å². The molecule has 1 saturated heterocycles. The van der Waals surface area contributed by atoms with Crippen LogP contribution in [0.25, 0.3) is 0 Å². The van der Waals surface area contributed by atoms with Crippen molar-refractivity contribution < 1.29 is 0 Å². The van der Waals surface area contributed by atoms with Crippen molar-refractivity contribution >= 4 is 41.5 Å². The average Bonchev–Trinajstić information content (AvgIpc) is 3.01. The third-order valence-electron chi connectivity index (χ3n) is 4.44. The number of guanidine groups is 1. The van der Waals surface area contributed by atoms with E-state index >= 15 is 0 Å². The monoisotopic (exact) mass is 478 g/mol. The summed E-state index contributed by atoms with van der Waals surface area (Å²) in [5.74, 6) is 1.68. The molecule has 1 aliphatic rings. The predicted octanol–water partition coefficient (Wildman–Crippen LogP) is 4.09. The van der Waals surface area contributed by atoms with Crippen molar-refractivity contribution in [1.82, 2.24) is 15.1 Å². The maximum absolute atomic E-state index is 5.96. The predicted molar refractivity (Wildman–Crippen MR) is 119 cm³/mol. The Labute approximate surface area is 175 Å². The number of nitrogens with one attached hydrogen (secondary N) is 1. The van der Waals surface area contributed by atoms with Gasteiger partial charge < -0.3 is 15.1 Å². The Balaban J connectivity index is 0.00000312. The van der Waals surface area contributed by atoms with Gasteiger partial charge in [-0.1, -0.05) is 30.7 Å². The minimum atomic E-state index is 0. The van der Waals surface area contributed by atoms with Gasteiger partial charge in [0.2, 0.25) is 0 Å². The second-order valence-electron chi connectivity index (χ2n) is 6.63. The lowest BCUT2D eigenvalue weighted by Crippen LogP contribution is -2.39. The summed E-state index contributed by atoms with van der Waals surface area (Å²) < 4.78 is 0. The van der Waals surface area contributed by atoms with Crippen LogP contribution in [0.15, 0.2) is 29.3 Å². The summed E-state index contributed by atoms with van der Waals surface area (Å²) >= 11 is 5.96. The van der Waals surface area contributed by atoms with Crippen LogP contribution in [-0.4, -0.2) is 55.5 Å². The average molecular weight is 479 g/mol. The maximum Gasteiger partial charge on any atom is 0.193 e. The molecule has 1 fully saturated rings. The topological polar surface area (TPSA) is 30.9 Å². The fourth-order valence-corrected chi connectivity index (χ4v) is 3.33. The molecule has 4 nitrogen and oxygen atoms in total. The fraction of sp³-hybridized carbons (Fsp3) is 0.632. The normalized spacial score (nSPS) is 18.1. The standard InChI is InChI=1S/C19H31ClN4.HI/c1-4-11-24-12-10-17(15-24)13-22-19(21-5-2)23(3)14-16-6-8-18(20)9-7-16;/h6-9,17H,4-5,10-15H2,1-3H3,(H,21,22);1H. The fourth-order valence-electron chi connectivity index (χ4n) is 3.21. The lowest BCUT2D eigenvalue weighted by Gasteiger charge is -2.23. The molecule has 0 saturated carbocycles. The molecule has 1 N–H and O–H groups in total. The van der Waals surface area contributed by atoms with E-state index in [0.29, 0.717) is 5.92 Å². The first kappa shape index (κ1) is 22.5. The van der Waals surface area contributed by atoms with E-state index in [1.165, 1.54) is 38.0 Å². The second kappa shape index (κ2) is 12.0. The molecule has 1 unspecified atom stereocenters. The molecule has 0 bridgehead atoms. The number of hydrogen-bond acceptors (Lipinski definition) is 2. The van der Waals surface area contributed by atoms with Gasteiger partial charge >= 0.3 is 0 Å². The Kier molecular flexibility index (Phi) is 10.8. The summed E-state index contributed by atoms with van der Waals surface area (Å²) in [7, 11) is 2.09. The molecular weight excluding hydrogens is 447 g/mol. The lowest BCUT2D eigenvalue weighted by atomic mass is 10.1. The van der Waals surface area contributed by atoms with Gasteiger partial charge in [-0.2, -0.15) is 0 Å². The molecular formula is C19H32ClIN4. The van der Waals surface area contributed by atoms with E-state index in [0.717, 1.165) is 30.6 Å². The molecule has 0 radical (unpaired) electrons. The van der Waals surface area contributed by atoms with E-state index in [2.05, 4.69) is 48.1 Å². The molecule has 25 heavy (non-hydrogen) atoms. The Bertz CT molecular complexity index is 521. The van der Waals surface area contributed by atoms with Crippen LogP contribution in [0.5, 0.6) is 0 Å². The van der Waals surface area contributed by atoms with Crippen LogP contribution in [0.1, 0.15) is 32.3 Å². The highest BCUT2D eigenvalue weighted by molar-refractivity contribution is 14.0. The summed E-state index contributed by atoms with van der Waals surface area (Å²) in [6, 6.07) is 8.02. The van der Waals surface area contributed by atoms with Crippen molar-refractivity contribution in [2.45, 2.75) is 33.2 Å². The first-order chi connectivity index (χ1) is 11.6.